The molecule has 1 heterocycles. The molecule has 106 valence electrons. The summed E-state index contributed by atoms with van der Waals surface area (Å²) in [7, 11) is 0. The third-order valence-electron chi connectivity index (χ3n) is 3.81. The summed E-state index contributed by atoms with van der Waals surface area (Å²) in [6.45, 7) is 2.17. The first kappa shape index (κ1) is 13.8. The van der Waals surface area contributed by atoms with Gasteiger partial charge in [0.15, 0.2) is 0 Å². The summed E-state index contributed by atoms with van der Waals surface area (Å²) in [5, 5.41) is 11.7. The van der Waals surface area contributed by atoms with Gasteiger partial charge in [-0.25, -0.2) is 0 Å². The molecule has 0 aliphatic heterocycles. The van der Waals surface area contributed by atoms with Crippen LogP contribution in [0.5, 0.6) is 0 Å². The first-order valence-corrected chi connectivity index (χ1v) is 7.40. The molecule has 3 aromatic rings. The van der Waals surface area contributed by atoms with E-state index in [1.165, 1.54) is 5.56 Å². The van der Waals surface area contributed by atoms with Gasteiger partial charge in [0, 0.05) is 11.6 Å². The van der Waals surface area contributed by atoms with Gasteiger partial charge in [-0.3, -0.25) is 4.98 Å². The minimum atomic E-state index is -0.617. The number of aliphatic hydroxyl groups is 1. The molecule has 3 rings (SSSR count). The molecule has 0 saturated carbocycles. The number of fused-ring (bicyclic) bond motifs is 1. The van der Waals surface area contributed by atoms with E-state index >= 15 is 0 Å². The lowest BCUT2D eigenvalue weighted by molar-refractivity contribution is 0.222. The zero-order valence-electron chi connectivity index (χ0n) is 12.2. The quantitative estimate of drug-likeness (QED) is 0.772. The topological polar surface area (TPSA) is 33.1 Å². The fourth-order valence-electron chi connectivity index (χ4n) is 2.70. The number of benzene rings is 2. The third-order valence-corrected chi connectivity index (χ3v) is 3.81. The van der Waals surface area contributed by atoms with Crippen molar-refractivity contribution in [2.45, 2.75) is 25.9 Å². The van der Waals surface area contributed by atoms with E-state index in [9.17, 15) is 5.11 Å². The fourth-order valence-corrected chi connectivity index (χ4v) is 2.70. The predicted molar refractivity (Wildman–Crippen MR) is 86.2 cm³/mol. The maximum atomic E-state index is 10.7. The molecule has 21 heavy (non-hydrogen) atoms. The summed E-state index contributed by atoms with van der Waals surface area (Å²) in [4.78, 5) is 4.35. The Morgan fingerprint density at radius 3 is 2.57 bits per heavy atom. The summed E-state index contributed by atoms with van der Waals surface area (Å²) >= 11 is 0. The van der Waals surface area contributed by atoms with Crippen LogP contribution < -0.4 is 0 Å². The van der Waals surface area contributed by atoms with Crippen LogP contribution in [0.4, 0.5) is 0 Å². The van der Waals surface area contributed by atoms with Crippen LogP contribution in [-0.4, -0.2) is 10.1 Å². The van der Waals surface area contributed by atoms with Crippen LogP contribution in [0, 0.1) is 0 Å². The zero-order chi connectivity index (χ0) is 14.7. The smallest absolute Gasteiger partial charge is 0.105 e. The van der Waals surface area contributed by atoms with Crippen molar-refractivity contribution < 1.29 is 5.11 Å². The average molecular weight is 277 g/mol. The Hall–Kier alpha value is -2.19. The highest BCUT2D eigenvalue weighted by molar-refractivity contribution is 5.82. The average Bonchev–Trinajstić information content (AvgIpc) is 2.55. The Labute approximate surface area is 125 Å². The Kier molecular flexibility index (Phi) is 3.98. The molecule has 0 spiro atoms. The summed E-state index contributed by atoms with van der Waals surface area (Å²) < 4.78 is 0. The van der Waals surface area contributed by atoms with Gasteiger partial charge in [-0.2, -0.15) is 0 Å². The largest absolute Gasteiger partial charge is 0.384 e. The number of rotatable bonds is 4. The van der Waals surface area contributed by atoms with E-state index in [1.807, 2.05) is 42.5 Å². The molecule has 1 atom stereocenters. The van der Waals surface area contributed by atoms with E-state index in [4.69, 9.17) is 0 Å². The second-order valence-electron chi connectivity index (χ2n) is 5.31. The van der Waals surface area contributed by atoms with Gasteiger partial charge in [-0.05, 0) is 35.2 Å². The summed E-state index contributed by atoms with van der Waals surface area (Å²) in [6.07, 6.45) is 3.37. The summed E-state index contributed by atoms with van der Waals surface area (Å²) in [6, 6.07) is 18.0. The van der Waals surface area contributed by atoms with Crippen molar-refractivity contribution in [2.24, 2.45) is 0 Å². The van der Waals surface area contributed by atoms with Crippen LogP contribution in [0.25, 0.3) is 10.9 Å². The molecule has 2 heteroatoms. The lowest BCUT2D eigenvalue weighted by atomic mass is 9.96. The Morgan fingerprint density at radius 1 is 1.00 bits per heavy atom. The molecule has 0 fully saturated rings. The van der Waals surface area contributed by atoms with Crippen LogP contribution in [0.1, 0.15) is 36.1 Å². The van der Waals surface area contributed by atoms with Gasteiger partial charge in [0.2, 0.25) is 0 Å². The van der Waals surface area contributed by atoms with Crippen molar-refractivity contribution in [1.29, 1.82) is 0 Å². The predicted octanol–water partition coefficient (Wildman–Crippen LogP) is 4.27. The molecule has 0 amide bonds. The molecule has 1 unspecified atom stereocenters. The normalized spacial score (nSPS) is 12.5. The van der Waals surface area contributed by atoms with Gasteiger partial charge in [0.1, 0.15) is 6.10 Å². The minimum Gasteiger partial charge on any atom is -0.384 e. The van der Waals surface area contributed by atoms with Crippen molar-refractivity contribution in [3.63, 3.8) is 0 Å². The molecule has 2 nitrogen and oxygen atoms in total. The molecule has 0 radical (unpaired) electrons. The number of aliphatic hydroxyl groups excluding tert-OH is 1. The number of aromatic nitrogens is 1. The number of hydrogen-bond acceptors (Lipinski definition) is 2. The maximum Gasteiger partial charge on any atom is 0.105 e. The number of aryl methyl sites for hydroxylation is 1. The highest BCUT2D eigenvalue weighted by atomic mass is 16.3. The van der Waals surface area contributed by atoms with Gasteiger partial charge < -0.3 is 5.11 Å². The van der Waals surface area contributed by atoms with Crippen molar-refractivity contribution in [3.8, 4) is 0 Å². The maximum absolute atomic E-state index is 10.7. The third kappa shape index (κ3) is 2.81. The van der Waals surface area contributed by atoms with Crippen LogP contribution >= 0.6 is 0 Å². The monoisotopic (exact) mass is 277 g/mol. The van der Waals surface area contributed by atoms with Gasteiger partial charge in [-0.15, -0.1) is 0 Å². The Morgan fingerprint density at radius 2 is 1.81 bits per heavy atom. The van der Waals surface area contributed by atoms with Gasteiger partial charge in [0.05, 0.1) is 5.52 Å². The SMILES string of the molecule is CCCc1ccc(C(O)c2cccc3ncccc23)cc1. The van der Waals surface area contributed by atoms with Crippen molar-refractivity contribution in [3.05, 3.63) is 77.5 Å². The van der Waals surface area contributed by atoms with Crippen molar-refractivity contribution >= 4 is 10.9 Å². The first-order valence-electron chi connectivity index (χ1n) is 7.40. The molecule has 0 bridgehead atoms. The highest BCUT2D eigenvalue weighted by Crippen LogP contribution is 2.28. The molecule has 1 N–H and O–H groups in total. The highest BCUT2D eigenvalue weighted by Gasteiger charge is 2.13. The zero-order valence-corrected chi connectivity index (χ0v) is 12.2. The van der Waals surface area contributed by atoms with E-state index in [0.29, 0.717) is 0 Å². The van der Waals surface area contributed by atoms with Crippen LogP contribution in [0.2, 0.25) is 0 Å². The molecule has 0 saturated heterocycles. The lowest BCUT2D eigenvalue weighted by Crippen LogP contribution is -2.01. The van der Waals surface area contributed by atoms with Crippen LogP contribution in [0.15, 0.2) is 60.8 Å². The van der Waals surface area contributed by atoms with Crippen molar-refractivity contribution in [2.75, 3.05) is 0 Å². The molecule has 0 aliphatic rings. The van der Waals surface area contributed by atoms with E-state index in [1.54, 1.807) is 6.20 Å². The standard InChI is InChI=1S/C19H19NO/c1-2-5-14-9-11-15(12-10-14)19(21)17-6-3-8-18-16(17)7-4-13-20-18/h3-4,6-13,19,21H,2,5H2,1H3. The Balaban J connectivity index is 1.98. The number of hydrogen-bond donors (Lipinski definition) is 1. The van der Waals surface area contributed by atoms with Gasteiger partial charge >= 0.3 is 0 Å². The lowest BCUT2D eigenvalue weighted by Gasteiger charge is -2.14. The molecular weight excluding hydrogens is 258 g/mol. The van der Waals surface area contributed by atoms with E-state index < -0.39 is 6.10 Å². The molecule has 1 aromatic heterocycles. The number of pyridine rings is 1. The van der Waals surface area contributed by atoms with E-state index in [-0.39, 0.29) is 0 Å². The second-order valence-corrected chi connectivity index (χ2v) is 5.31. The molecule has 0 aliphatic carbocycles. The number of nitrogens with zero attached hydrogens (tertiary/aromatic N) is 1. The van der Waals surface area contributed by atoms with Gasteiger partial charge in [0.25, 0.3) is 0 Å². The van der Waals surface area contributed by atoms with Gasteiger partial charge in [-0.1, -0.05) is 55.8 Å². The minimum absolute atomic E-state index is 0.617. The van der Waals surface area contributed by atoms with E-state index in [2.05, 4.69) is 24.0 Å². The fraction of sp³-hybridized carbons (Fsp3) is 0.211. The van der Waals surface area contributed by atoms with Crippen LogP contribution in [0.3, 0.4) is 0 Å². The summed E-state index contributed by atoms with van der Waals surface area (Å²) in [5.74, 6) is 0. The van der Waals surface area contributed by atoms with Crippen molar-refractivity contribution in [1.82, 2.24) is 4.98 Å². The second kappa shape index (κ2) is 6.06. The molecule has 2 aromatic carbocycles. The first-order chi connectivity index (χ1) is 10.3. The van der Waals surface area contributed by atoms with E-state index in [0.717, 1.165) is 34.9 Å². The molecular formula is C19H19NO. The Bertz CT molecular complexity index is 729. The van der Waals surface area contributed by atoms with Crippen LogP contribution in [-0.2, 0) is 6.42 Å². The summed E-state index contributed by atoms with van der Waals surface area (Å²) in [5.41, 5.74) is 4.06.